The summed E-state index contributed by atoms with van der Waals surface area (Å²) >= 11 is 0. The molecular formula is C27H25F5N2O2. The van der Waals surface area contributed by atoms with Crippen LogP contribution in [0.2, 0.25) is 0 Å². The van der Waals surface area contributed by atoms with Gasteiger partial charge in [0.25, 0.3) is 12.3 Å². The van der Waals surface area contributed by atoms with Gasteiger partial charge in [-0.2, -0.15) is 13.2 Å². The van der Waals surface area contributed by atoms with Gasteiger partial charge in [-0.1, -0.05) is 12.1 Å². The van der Waals surface area contributed by atoms with E-state index >= 15 is 0 Å². The molecule has 190 valence electrons. The second-order valence-corrected chi connectivity index (χ2v) is 8.84. The molecular weight excluding hydrogens is 479 g/mol. The quantitative estimate of drug-likeness (QED) is 0.263. The number of nitrogens with zero attached hydrogens (tertiary/aromatic N) is 2. The third-order valence-electron chi connectivity index (χ3n) is 6.35. The number of aliphatic imine (C=N–C) groups is 1. The zero-order valence-electron chi connectivity index (χ0n) is 19.6. The van der Waals surface area contributed by atoms with E-state index in [-0.39, 0.29) is 18.2 Å². The van der Waals surface area contributed by atoms with Gasteiger partial charge >= 0.3 is 6.18 Å². The van der Waals surface area contributed by atoms with Crippen molar-refractivity contribution in [2.45, 2.75) is 32.4 Å². The molecule has 3 aromatic rings. The number of ether oxygens (including phenoxy) is 1. The van der Waals surface area contributed by atoms with E-state index in [1.54, 1.807) is 48.2 Å². The van der Waals surface area contributed by atoms with E-state index in [1.807, 2.05) is 0 Å². The molecule has 36 heavy (non-hydrogen) atoms. The Bertz CT molecular complexity index is 1250. The molecule has 0 spiro atoms. The monoisotopic (exact) mass is 504 g/mol. The molecule has 0 N–H and O–H groups in total. The smallest absolute Gasteiger partial charge is 0.416 e. The number of rotatable bonds is 6. The fourth-order valence-electron chi connectivity index (χ4n) is 4.36. The largest absolute Gasteiger partial charge is 0.457 e. The van der Waals surface area contributed by atoms with Crippen LogP contribution in [-0.4, -0.2) is 42.6 Å². The van der Waals surface area contributed by atoms with Crippen LogP contribution in [0.5, 0.6) is 11.5 Å². The van der Waals surface area contributed by atoms with E-state index < -0.39 is 24.1 Å². The Labute approximate surface area is 205 Å². The normalized spacial score (nSPS) is 16.0. The summed E-state index contributed by atoms with van der Waals surface area (Å²) in [4.78, 5) is 18.8. The number of piperidine rings is 1. The number of fused-ring (bicyclic) bond motifs is 1. The van der Waals surface area contributed by atoms with Gasteiger partial charge in [0.15, 0.2) is 0 Å². The Morgan fingerprint density at radius 2 is 1.75 bits per heavy atom. The molecule has 4 rings (SSSR count). The maximum absolute atomic E-state index is 12.8. The first kappa shape index (κ1) is 25.8. The lowest BCUT2D eigenvalue weighted by Gasteiger charge is -2.31. The van der Waals surface area contributed by atoms with Crippen molar-refractivity contribution in [2.24, 2.45) is 10.9 Å². The van der Waals surface area contributed by atoms with Gasteiger partial charge < -0.3 is 4.74 Å². The minimum atomic E-state index is -4.42. The fraction of sp³-hybridized carbons (Fsp3) is 0.333. The van der Waals surface area contributed by atoms with Crippen LogP contribution in [0.1, 0.15) is 35.7 Å². The number of carbonyl (C=O) groups excluding carboxylic acids is 1. The van der Waals surface area contributed by atoms with Crippen molar-refractivity contribution in [2.75, 3.05) is 19.6 Å². The molecule has 9 heteroatoms. The molecule has 1 aliphatic heterocycles. The maximum atomic E-state index is 12.8. The van der Waals surface area contributed by atoms with Crippen LogP contribution in [0.25, 0.3) is 10.8 Å². The molecule has 0 saturated carbocycles. The summed E-state index contributed by atoms with van der Waals surface area (Å²) < 4.78 is 69.3. The molecule has 0 bridgehead atoms. The number of hydrogen-bond donors (Lipinski definition) is 0. The first-order valence-electron chi connectivity index (χ1n) is 11.6. The number of carbonyl (C=O) groups is 1. The molecule has 1 heterocycles. The molecule has 0 atom stereocenters. The number of amides is 1. The van der Waals surface area contributed by atoms with E-state index in [1.165, 1.54) is 12.1 Å². The van der Waals surface area contributed by atoms with Crippen molar-refractivity contribution in [1.29, 1.82) is 0 Å². The molecule has 4 nitrogen and oxygen atoms in total. The lowest BCUT2D eigenvalue weighted by Crippen LogP contribution is -2.38. The Hall–Kier alpha value is -3.33. The molecule has 1 fully saturated rings. The standard InChI is InChI=1S/C27H25F5N2O2/c1-17(18-11-13-34(14-12-18)16-25(28)29)33-26(35)20-5-10-23-19(15-20)3-2-4-24(23)36-22-8-6-21(7-9-22)27(30,31)32/h2-10,15,18,25H,11-14,16H2,1H3. The average molecular weight is 504 g/mol. The van der Waals surface area contributed by atoms with Crippen LogP contribution in [0, 0.1) is 5.92 Å². The van der Waals surface area contributed by atoms with Crippen molar-refractivity contribution in [3.05, 3.63) is 71.8 Å². The lowest BCUT2D eigenvalue weighted by molar-refractivity contribution is -0.137. The third kappa shape index (κ3) is 6.26. The number of alkyl halides is 5. The van der Waals surface area contributed by atoms with Crippen LogP contribution in [0.4, 0.5) is 22.0 Å². The zero-order valence-corrected chi connectivity index (χ0v) is 19.6. The van der Waals surface area contributed by atoms with Crippen molar-refractivity contribution in [1.82, 2.24) is 4.90 Å². The van der Waals surface area contributed by atoms with Gasteiger partial charge in [-0.3, -0.25) is 9.69 Å². The number of benzene rings is 3. The Balaban J connectivity index is 1.46. The highest BCUT2D eigenvalue weighted by Crippen LogP contribution is 2.34. The lowest BCUT2D eigenvalue weighted by atomic mass is 9.92. The Morgan fingerprint density at radius 3 is 2.39 bits per heavy atom. The van der Waals surface area contributed by atoms with Gasteiger partial charge in [-0.05, 0) is 92.7 Å². The van der Waals surface area contributed by atoms with Gasteiger partial charge in [-0.15, -0.1) is 0 Å². The van der Waals surface area contributed by atoms with Crippen LogP contribution < -0.4 is 4.74 Å². The highest BCUT2D eigenvalue weighted by atomic mass is 19.4. The van der Waals surface area contributed by atoms with Crippen LogP contribution in [0.3, 0.4) is 0 Å². The van der Waals surface area contributed by atoms with Gasteiger partial charge in [0, 0.05) is 16.7 Å². The molecule has 0 unspecified atom stereocenters. The van der Waals surface area contributed by atoms with E-state index in [4.69, 9.17) is 4.74 Å². The summed E-state index contributed by atoms with van der Waals surface area (Å²) in [5.41, 5.74) is 0.324. The van der Waals surface area contributed by atoms with Crippen LogP contribution >= 0.6 is 0 Å². The Kier molecular flexibility index (Phi) is 7.68. The molecule has 1 saturated heterocycles. The van der Waals surface area contributed by atoms with E-state index in [9.17, 15) is 26.7 Å². The highest BCUT2D eigenvalue weighted by Gasteiger charge is 2.30. The third-order valence-corrected chi connectivity index (χ3v) is 6.35. The number of hydrogen-bond acceptors (Lipinski definition) is 3. The van der Waals surface area contributed by atoms with Crippen LogP contribution in [0.15, 0.2) is 65.7 Å². The summed E-state index contributed by atoms with van der Waals surface area (Å²) in [5.74, 6) is 0.391. The zero-order chi connectivity index (χ0) is 25.9. The molecule has 0 aliphatic carbocycles. The summed E-state index contributed by atoms with van der Waals surface area (Å²) in [6.45, 7) is 2.66. The van der Waals surface area contributed by atoms with E-state index in [2.05, 4.69) is 4.99 Å². The van der Waals surface area contributed by atoms with E-state index in [0.717, 1.165) is 17.5 Å². The maximum Gasteiger partial charge on any atom is 0.416 e. The minimum absolute atomic E-state index is 0.0760. The van der Waals surface area contributed by atoms with Gasteiger partial charge in [0.05, 0.1) is 12.1 Å². The topological polar surface area (TPSA) is 41.9 Å². The highest BCUT2D eigenvalue weighted by molar-refractivity contribution is 6.06. The predicted molar refractivity (Wildman–Crippen MR) is 128 cm³/mol. The summed E-state index contributed by atoms with van der Waals surface area (Å²) in [6, 6.07) is 14.7. The average Bonchev–Trinajstić information content (AvgIpc) is 2.83. The first-order valence-corrected chi connectivity index (χ1v) is 11.6. The molecule has 3 aromatic carbocycles. The van der Waals surface area contributed by atoms with Gasteiger partial charge in [0.1, 0.15) is 11.5 Å². The van der Waals surface area contributed by atoms with Gasteiger partial charge in [0.2, 0.25) is 0 Å². The predicted octanol–water partition coefficient (Wildman–Crippen LogP) is 7.23. The minimum Gasteiger partial charge on any atom is -0.457 e. The summed E-state index contributed by atoms with van der Waals surface area (Å²) in [5, 5.41) is 1.42. The molecule has 1 aliphatic rings. The molecule has 1 amide bonds. The fourth-order valence-corrected chi connectivity index (χ4v) is 4.36. The van der Waals surface area contributed by atoms with Crippen molar-refractivity contribution >= 4 is 22.4 Å². The van der Waals surface area contributed by atoms with Crippen LogP contribution in [-0.2, 0) is 6.18 Å². The second kappa shape index (κ2) is 10.7. The summed E-state index contributed by atoms with van der Waals surface area (Å²) in [6.07, 6.45) is -5.42. The second-order valence-electron chi connectivity index (χ2n) is 8.84. The van der Waals surface area contributed by atoms with Crippen molar-refractivity contribution in [3.63, 3.8) is 0 Å². The first-order chi connectivity index (χ1) is 17.1. The molecule has 0 radical (unpaired) electrons. The van der Waals surface area contributed by atoms with Crippen molar-refractivity contribution < 1.29 is 31.5 Å². The van der Waals surface area contributed by atoms with Gasteiger partial charge in [-0.25, -0.2) is 13.8 Å². The molecule has 0 aromatic heterocycles. The number of halogens is 5. The van der Waals surface area contributed by atoms with E-state index in [0.29, 0.717) is 48.3 Å². The Morgan fingerprint density at radius 1 is 1.06 bits per heavy atom. The SMILES string of the molecule is CC(=NC(=O)c1ccc2c(Oc3ccc(C(F)(F)F)cc3)cccc2c1)C1CCN(CC(F)F)CC1. The summed E-state index contributed by atoms with van der Waals surface area (Å²) in [7, 11) is 0. The van der Waals surface area contributed by atoms with Crippen molar-refractivity contribution in [3.8, 4) is 11.5 Å². The number of likely N-dealkylation sites (tertiary alicyclic amines) is 1.